The van der Waals surface area contributed by atoms with Crippen LogP contribution in [0.2, 0.25) is 0 Å². The molecule has 0 radical (unpaired) electrons. The highest BCUT2D eigenvalue weighted by Gasteiger charge is 2.19. The molecule has 0 saturated carbocycles. The van der Waals surface area contributed by atoms with Crippen molar-refractivity contribution < 1.29 is 14.6 Å². The van der Waals surface area contributed by atoms with Crippen molar-refractivity contribution >= 4 is 47.1 Å². The van der Waals surface area contributed by atoms with E-state index in [-0.39, 0.29) is 17.9 Å². The predicted octanol–water partition coefficient (Wildman–Crippen LogP) is 3.87. The van der Waals surface area contributed by atoms with Gasteiger partial charge in [0.15, 0.2) is 3.95 Å². The van der Waals surface area contributed by atoms with Gasteiger partial charge in [-0.25, -0.2) is 0 Å². The number of aromatic nitrogens is 1. The highest BCUT2D eigenvalue weighted by Crippen LogP contribution is 2.27. The van der Waals surface area contributed by atoms with E-state index >= 15 is 0 Å². The molecule has 8 heteroatoms. The second kappa shape index (κ2) is 7.90. The molecule has 1 saturated heterocycles. The fourth-order valence-corrected chi connectivity index (χ4v) is 3.85. The molecule has 6 nitrogen and oxygen atoms in total. The zero-order valence-electron chi connectivity index (χ0n) is 13.8. The van der Waals surface area contributed by atoms with Gasteiger partial charge in [-0.15, -0.1) is 0 Å². The molecule has 0 bridgehead atoms. The summed E-state index contributed by atoms with van der Waals surface area (Å²) in [4.78, 5) is 16.1. The Bertz CT molecular complexity index is 851. The van der Waals surface area contributed by atoms with Gasteiger partial charge in [-0.05, 0) is 43.3 Å². The van der Waals surface area contributed by atoms with Crippen LogP contribution in [0.4, 0.5) is 11.4 Å². The van der Waals surface area contributed by atoms with Gasteiger partial charge in [0.1, 0.15) is 4.88 Å². The van der Waals surface area contributed by atoms with Crippen LogP contribution in [-0.2, 0) is 16.1 Å². The van der Waals surface area contributed by atoms with Crippen molar-refractivity contribution in [2.45, 2.75) is 32.4 Å². The van der Waals surface area contributed by atoms with Gasteiger partial charge in [0.25, 0.3) is 0 Å². The number of aromatic hydroxyl groups is 1. The number of nitrogens with zero attached hydrogens (tertiary/aromatic N) is 2. The normalized spacial score (nSPS) is 17.2. The molecule has 25 heavy (non-hydrogen) atoms. The number of rotatable bonds is 5. The van der Waals surface area contributed by atoms with Crippen LogP contribution in [0.5, 0.6) is 5.88 Å². The van der Waals surface area contributed by atoms with Crippen LogP contribution in [0.1, 0.15) is 24.6 Å². The summed E-state index contributed by atoms with van der Waals surface area (Å²) in [6.45, 7) is 2.78. The number of amides is 1. The molecule has 1 fully saturated rings. The molecular formula is C17H19N3O3S2. The molecule has 1 aliphatic rings. The zero-order chi connectivity index (χ0) is 17.8. The second-order valence-corrected chi connectivity index (χ2v) is 7.47. The SMILES string of the molecule is CC(=O)Nc1cccc(N=Cc2sc(=S)n(CC3CCCO3)c2O)c1. The Morgan fingerprint density at radius 3 is 3.16 bits per heavy atom. The molecule has 0 spiro atoms. The van der Waals surface area contributed by atoms with E-state index in [1.54, 1.807) is 22.9 Å². The maximum atomic E-state index is 11.1. The summed E-state index contributed by atoms with van der Waals surface area (Å²) in [5.74, 6) is -0.0183. The maximum absolute atomic E-state index is 11.1. The van der Waals surface area contributed by atoms with Gasteiger partial charge in [0, 0.05) is 19.2 Å². The molecule has 2 heterocycles. The van der Waals surface area contributed by atoms with Crippen molar-refractivity contribution in [3.63, 3.8) is 0 Å². The van der Waals surface area contributed by atoms with Gasteiger partial charge in [0.05, 0.1) is 24.6 Å². The smallest absolute Gasteiger partial charge is 0.221 e. The predicted molar refractivity (Wildman–Crippen MR) is 102 cm³/mol. The van der Waals surface area contributed by atoms with E-state index in [2.05, 4.69) is 10.3 Å². The fraction of sp³-hybridized carbons (Fsp3) is 0.353. The number of carbonyl (C=O) groups is 1. The Hall–Kier alpha value is -2.03. The molecule has 1 aromatic heterocycles. The lowest BCUT2D eigenvalue weighted by Gasteiger charge is -2.10. The van der Waals surface area contributed by atoms with Crippen molar-refractivity contribution in [3.05, 3.63) is 33.1 Å². The molecule has 2 N–H and O–H groups in total. The number of benzene rings is 1. The van der Waals surface area contributed by atoms with Gasteiger partial charge in [0.2, 0.25) is 11.8 Å². The Balaban J connectivity index is 1.77. The van der Waals surface area contributed by atoms with Crippen molar-refractivity contribution in [3.8, 4) is 5.88 Å². The summed E-state index contributed by atoms with van der Waals surface area (Å²) >= 11 is 6.66. The Labute approximate surface area is 154 Å². The van der Waals surface area contributed by atoms with E-state index in [0.29, 0.717) is 26.8 Å². The van der Waals surface area contributed by atoms with Gasteiger partial charge in [-0.1, -0.05) is 17.4 Å². The summed E-state index contributed by atoms with van der Waals surface area (Å²) < 4.78 is 7.91. The molecule has 0 aliphatic carbocycles. The van der Waals surface area contributed by atoms with Gasteiger partial charge in [-0.2, -0.15) is 0 Å². The summed E-state index contributed by atoms with van der Waals surface area (Å²) in [6, 6.07) is 7.18. The third kappa shape index (κ3) is 4.53. The van der Waals surface area contributed by atoms with Crippen molar-refractivity contribution in [1.29, 1.82) is 0 Å². The van der Waals surface area contributed by atoms with Gasteiger partial charge in [-0.3, -0.25) is 14.4 Å². The standard InChI is InChI=1S/C17H19N3O3S2/c1-11(21)19-13-5-2-4-12(8-13)18-9-15-16(22)20(17(24)25-15)10-14-6-3-7-23-14/h2,4-5,8-9,14,22H,3,6-7,10H2,1H3,(H,19,21). The van der Waals surface area contributed by atoms with Crippen LogP contribution < -0.4 is 5.32 Å². The number of hydrogen-bond donors (Lipinski definition) is 2. The first-order chi connectivity index (χ1) is 12.0. The van der Waals surface area contributed by atoms with Crippen molar-refractivity contribution in [2.75, 3.05) is 11.9 Å². The highest BCUT2D eigenvalue weighted by atomic mass is 32.1. The summed E-state index contributed by atoms with van der Waals surface area (Å²) in [6.07, 6.45) is 3.72. The molecular weight excluding hydrogens is 358 g/mol. The number of carbonyl (C=O) groups excluding carboxylic acids is 1. The summed E-state index contributed by atoms with van der Waals surface area (Å²) in [5, 5.41) is 13.1. The molecule has 3 rings (SSSR count). The van der Waals surface area contributed by atoms with Gasteiger partial charge >= 0.3 is 0 Å². The van der Waals surface area contributed by atoms with Crippen LogP contribution in [-0.4, -0.2) is 34.5 Å². The molecule has 1 atom stereocenters. The number of nitrogens with one attached hydrogen (secondary N) is 1. The molecule has 1 aliphatic heterocycles. The average molecular weight is 377 g/mol. The Morgan fingerprint density at radius 1 is 1.60 bits per heavy atom. The quantitative estimate of drug-likeness (QED) is 0.613. The number of hydrogen-bond acceptors (Lipinski definition) is 6. The lowest BCUT2D eigenvalue weighted by atomic mass is 10.2. The molecule has 1 aromatic carbocycles. The largest absolute Gasteiger partial charge is 0.493 e. The molecule has 132 valence electrons. The van der Waals surface area contributed by atoms with E-state index in [0.717, 1.165) is 19.4 Å². The van der Waals surface area contributed by atoms with E-state index < -0.39 is 0 Å². The lowest BCUT2D eigenvalue weighted by Crippen LogP contribution is -2.14. The second-order valence-electron chi connectivity index (χ2n) is 5.79. The van der Waals surface area contributed by atoms with Crippen LogP contribution in [0.15, 0.2) is 29.3 Å². The molecule has 1 unspecified atom stereocenters. The maximum Gasteiger partial charge on any atom is 0.221 e. The third-order valence-electron chi connectivity index (χ3n) is 3.80. The molecule has 2 aromatic rings. The van der Waals surface area contributed by atoms with E-state index in [1.165, 1.54) is 18.3 Å². The van der Waals surface area contributed by atoms with Crippen molar-refractivity contribution in [1.82, 2.24) is 4.57 Å². The monoisotopic (exact) mass is 377 g/mol. The first-order valence-corrected chi connectivity index (χ1v) is 9.21. The zero-order valence-corrected chi connectivity index (χ0v) is 15.4. The van der Waals surface area contributed by atoms with Crippen LogP contribution >= 0.6 is 23.6 Å². The van der Waals surface area contributed by atoms with Crippen molar-refractivity contribution in [2.24, 2.45) is 4.99 Å². The fourth-order valence-electron chi connectivity index (χ4n) is 2.65. The Kier molecular flexibility index (Phi) is 5.62. The minimum Gasteiger partial charge on any atom is -0.493 e. The lowest BCUT2D eigenvalue weighted by molar-refractivity contribution is -0.114. The minimum atomic E-state index is -0.136. The number of ether oxygens (including phenoxy) is 1. The number of anilines is 1. The number of thiazole rings is 1. The van der Waals surface area contributed by atoms with Crippen LogP contribution in [0, 0.1) is 3.95 Å². The minimum absolute atomic E-state index is 0.103. The molecule has 1 amide bonds. The summed E-state index contributed by atoms with van der Waals surface area (Å²) in [7, 11) is 0. The van der Waals surface area contributed by atoms with E-state index in [4.69, 9.17) is 17.0 Å². The first kappa shape index (κ1) is 17.8. The van der Waals surface area contributed by atoms with E-state index in [1.807, 2.05) is 12.1 Å². The van der Waals surface area contributed by atoms with Crippen LogP contribution in [0.3, 0.4) is 0 Å². The first-order valence-electron chi connectivity index (χ1n) is 7.99. The topological polar surface area (TPSA) is 75.9 Å². The average Bonchev–Trinajstić information content (AvgIpc) is 3.17. The highest BCUT2D eigenvalue weighted by molar-refractivity contribution is 7.73. The van der Waals surface area contributed by atoms with Gasteiger partial charge < -0.3 is 15.2 Å². The summed E-state index contributed by atoms with van der Waals surface area (Å²) in [5.41, 5.74) is 1.35. The Morgan fingerprint density at radius 2 is 2.44 bits per heavy atom. The van der Waals surface area contributed by atoms with E-state index in [9.17, 15) is 9.90 Å². The number of aliphatic imine (C=N–C) groups is 1. The van der Waals surface area contributed by atoms with Crippen LogP contribution in [0.25, 0.3) is 0 Å². The third-order valence-corrected chi connectivity index (χ3v) is 5.17.